The predicted octanol–water partition coefficient (Wildman–Crippen LogP) is 2.66. The fourth-order valence-corrected chi connectivity index (χ4v) is 4.48. The molecule has 3 N–H and O–H groups in total. The zero-order valence-electron chi connectivity index (χ0n) is 16.1. The molecule has 1 fully saturated rings. The van der Waals surface area contributed by atoms with E-state index in [4.69, 9.17) is 11.6 Å². The van der Waals surface area contributed by atoms with Crippen LogP contribution in [-0.2, 0) is 14.8 Å². The molecule has 3 rings (SSSR count). The average molecular weight is 438 g/mol. The van der Waals surface area contributed by atoms with E-state index in [1.165, 1.54) is 6.07 Å². The molecular weight excluding hydrogens is 414 g/mol. The van der Waals surface area contributed by atoms with Crippen LogP contribution in [0, 0.1) is 0 Å². The summed E-state index contributed by atoms with van der Waals surface area (Å²) in [5.74, 6) is -0.142. The lowest BCUT2D eigenvalue weighted by Crippen LogP contribution is -2.47. The summed E-state index contributed by atoms with van der Waals surface area (Å²) in [4.78, 5) is 14.2. The number of amides is 1. The second kappa shape index (κ2) is 9.02. The molecule has 0 aromatic heterocycles. The van der Waals surface area contributed by atoms with Gasteiger partial charge in [0.1, 0.15) is 5.75 Å². The van der Waals surface area contributed by atoms with Crippen molar-refractivity contribution in [2.45, 2.75) is 18.9 Å². The SMILES string of the molecule is CS(=O)(=O)NC1CCN(C(=O)CNc2cc(-c3ccccc3)c(Cl)cc2O)CC1. The number of nitrogens with zero attached hydrogens (tertiary/aromatic N) is 1. The van der Waals surface area contributed by atoms with Gasteiger partial charge in [-0.05, 0) is 24.5 Å². The van der Waals surface area contributed by atoms with Gasteiger partial charge in [0.2, 0.25) is 15.9 Å². The maximum atomic E-state index is 12.5. The molecule has 2 aromatic rings. The first-order valence-corrected chi connectivity index (χ1v) is 11.6. The van der Waals surface area contributed by atoms with E-state index >= 15 is 0 Å². The smallest absolute Gasteiger partial charge is 0.241 e. The second-order valence-corrected chi connectivity index (χ2v) is 9.30. The van der Waals surface area contributed by atoms with Gasteiger partial charge < -0.3 is 15.3 Å². The minimum atomic E-state index is -3.25. The monoisotopic (exact) mass is 437 g/mol. The van der Waals surface area contributed by atoms with Crippen molar-refractivity contribution in [3.05, 3.63) is 47.5 Å². The van der Waals surface area contributed by atoms with Gasteiger partial charge in [0, 0.05) is 30.8 Å². The third-order valence-corrected chi connectivity index (χ3v) is 5.90. The van der Waals surface area contributed by atoms with Crippen LogP contribution in [0.2, 0.25) is 5.02 Å². The van der Waals surface area contributed by atoms with Crippen molar-refractivity contribution < 1.29 is 18.3 Å². The van der Waals surface area contributed by atoms with Gasteiger partial charge in [-0.25, -0.2) is 13.1 Å². The number of phenolic OH excluding ortho intramolecular Hbond substituents is 1. The highest BCUT2D eigenvalue weighted by Gasteiger charge is 2.24. The summed E-state index contributed by atoms with van der Waals surface area (Å²) < 4.78 is 25.2. The van der Waals surface area contributed by atoms with Crippen LogP contribution in [0.1, 0.15) is 12.8 Å². The molecule has 0 spiro atoms. The van der Waals surface area contributed by atoms with E-state index in [9.17, 15) is 18.3 Å². The van der Waals surface area contributed by atoms with E-state index in [-0.39, 0.29) is 24.2 Å². The minimum Gasteiger partial charge on any atom is -0.506 e. The molecule has 0 saturated carbocycles. The summed E-state index contributed by atoms with van der Waals surface area (Å²) in [6.45, 7) is 0.985. The number of halogens is 1. The quantitative estimate of drug-likeness (QED) is 0.603. The third kappa shape index (κ3) is 5.85. The minimum absolute atomic E-state index is 0.0214. The molecule has 0 radical (unpaired) electrons. The summed E-state index contributed by atoms with van der Waals surface area (Å²) in [5, 5.41) is 13.6. The Labute approximate surface area is 175 Å². The molecule has 1 aliphatic rings. The molecule has 0 aliphatic carbocycles. The van der Waals surface area contributed by atoms with Gasteiger partial charge in [-0.2, -0.15) is 0 Å². The molecule has 2 aromatic carbocycles. The number of rotatable bonds is 6. The third-order valence-electron chi connectivity index (χ3n) is 4.83. The second-order valence-electron chi connectivity index (χ2n) is 7.11. The Morgan fingerprint density at radius 1 is 1.21 bits per heavy atom. The highest BCUT2D eigenvalue weighted by molar-refractivity contribution is 7.88. The van der Waals surface area contributed by atoms with E-state index in [1.807, 2.05) is 30.3 Å². The van der Waals surface area contributed by atoms with Gasteiger partial charge in [-0.1, -0.05) is 41.9 Å². The van der Waals surface area contributed by atoms with Crippen molar-refractivity contribution in [2.75, 3.05) is 31.2 Å². The highest BCUT2D eigenvalue weighted by atomic mass is 35.5. The molecule has 7 nitrogen and oxygen atoms in total. The molecule has 1 aliphatic heterocycles. The summed E-state index contributed by atoms with van der Waals surface area (Å²) >= 11 is 6.27. The molecule has 0 atom stereocenters. The standard InChI is InChI=1S/C20H24ClN3O4S/c1-29(27,28)23-15-7-9-24(10-8-15)20(26)13-22-18-11-16(17(21)12-19(18)25)14-5-3-2-4-6-14/h2-6,11-12,15,22-23,25H,7-10,13H2,1H3. The van der Waals surface area contributed by atoms with Crippen LogP contribution in [0.25, 0.3) is 11.1 Å². The molecule has 29 heavy (non-hydrogen) atoms. The van der Waals surface area contributed by atoms with Crippen molar-refractivity contribution in [2.24, 2.45) is 0 Å². The van der Waals surface area contributed by atoms with Gasteiger partial charge in [-0.3, -0.25) is 4.79 Å². The topological polar surface area (TPSA) is 98.7 Å². The number of phenols is 1. The molecule has 9 heteroatoms. The highest BCUT2D eigenvalue weighted by Crippen LogP contribution is 2.36. The molecule has 156 valence electrons. The van der Waals surface area contributed by atoms with Crippen LogP contribution in [-0.4, -0.2) is 56.3 Å². The van der Waals surface area contributed by atoms with Crippen LogP contribution in [0.4, 0.5) is 5.69 Å². The van der Waals surface area contributed by atoms with Crippen LogP contribution in [0.5, 0.6) is 5.75 Å². The Balaban J connectivity index is 1.61. The fourth-order valence-electron chi connectivity index (χ4n) is 3.38. The predicted molar refractivity (Wildman–Crippen MR) is 115 cm³/mol. The molecule has 0 bridgehead atoms. The van der Waals surface area contributed by atoms with E-state index in [2.05, 4.69) is 10.0 Å². The number of likely N-dealkylation sites (tertiary alicyclic amines) is 1. The number of benzene rings is 2. The lowest BCUT2D eigenvalue weighted by atomic mass is 10.0. The summed E-state index contributed by atoms with van der Waals surface area (Å²) in [6.07, 6.45) is 2.28. The largest absolute Gasteiger partial charge is 0.506 e. The Morgan fingerprint density at radius 3 is 2.48 bits per heavy atom. The number of carbonyl (C=O) groups is 1. The van der Waals surface area contributed by atoms with Crippen LogP contribution >= 0.6 is 11.6 Å². The van der Waals surface area contributed by atoms with Crippen molar-refractivity contribution in [1.82, 2.24) is 9.62 Å². The molecular formula is C20H24ClN3O4S. The van der Waals surface area contributed by atoms with E-state index in [0.29, 0.717) is 36.6 Å². The maximum Gasteiger partial charge on any atom is 0.241 e. The maximum absolute atomic E-state index is 12.5. The number of nitrogens with one attached hydrogen (secondary N) is 2. The van der Waals surface area contributed by atoms with Gasteiger partial charge in [0.25, 0.3) is 0 Å². The van der Waals surface area contributed by atoms with Crippen molar-refractivity contribution >= 4 is 33.2 Å². The number of aromatic hydroxyl groups is 1. The van der Waals surface area contributed by atoms with Crippen molar-refractivity contribution in [1.29, 1.82) is 0 Å². The van der Waals surface area contributed by atoms with Gasteiger partial charge in [0.15, 0.2) is 0 Å². The number of anilines is 1. The summed E-state index contributed by atoms with van der Waals surface area (Å²) in [7, 11) is -3.25. The number of sulfonamides is 1. The zero-order chi connectivity index (χ0) is 21.0. The normalized spacial score (nSPS) is 15.3. The molecule has 1 saturated heterocycles. The van der Waals surface area contributed by atoms with Crippen LogP contribution < -0.4 is 10.0 Å². The molecule has 1 amide bonds. The summed E-state index contributed by atoms with van der Waals surface area (Å²) in [5.41, 5.74) is 2.09. The lowest BCUT2D eigenvalue weighted by molar-refractivity contribution is -0.130. The number of piperidine rings is 1. The van der Waals surface area contributed by atoms with Gasteiger partial charge in [0.05, 0.1) is 23.5 Å². The Kier molecular flexibility index (Phi) is 6.66. The van der Waals surface area contributed by atoms with E-state index < -0.39 is 10.0 Å². The van der Waals surface area contributed by atoms with E-state index in [0.717, 1.165) is 17.4 Å². The van der Waals surface area contributed by atoms with Crippen LogP contribution in [0.3, 0.4) is 0 Å². The average Bonchev–Trinajstić information content (AvgIpc) is 2.67. The Hall–Kier alpha value is -2.29. The molecule has 1 heterocycles. The van der Waals surface area contributed by atoms with E-state index in [1.54, 1.807) is 11.0 Å². The first-order chi connectivity index (χ1) is 13.7. The Bertz CT molecular complexity index is 975. The number of hydrogen-bond acceptors (Lipinski definition) is 5. The lowest BCUT2D eigenvalue weighted by Gasteiger charge is -2.32. The number of hydrogen-bond donors (Lipinski definition) is 3. The molecule has 0 unspecified atom stereocenters. The van der Waals surface area contributed by atoms with Crippen LogP contribution in [0.15, 0.2) is 42.5 Å². The fraction of sp³-hybridized carbons (Fsp3) is 0.350. The first-order valence-electron chi connectivity index (χ1n) is 9.30. The summed E-state index contributed by atoms with van der Waals surface area (Å²) in [6, 6.07) is 12.6. The number of carbonyl (C=O) groups excluding carboxylic acids is 1. The Morgan fingerprint density at radius 2 is 1.86 bits per heavy atom. The van der Waals surface area contributed by atoms with Crippen molar-refractivity contribution in [3.8, 4) is 16.9 Å². The van der Waals surface area contributed by atoms with Gasteiger partial charge >= 0.3 is 0 Å². The zero-order valence-corrected chi connectivity index (χ0v) is 17.6. The van der Waals surface area contributed by atoms with Crippen molar-refractivity contribution in [3.63, 3.8) is 0 Å². The van der Waals surface area contributed by atoms with Gasteiger partial charge in [-0.15, -0.1) is 0 Å². The first kappa shape index (κ1) is 21.4.